The van der Waals surface area contributed by atoms with Gasteiger partial charge in [-0.2, -0.15) is 0 Å². The number of nitrogens with zero attached hydrogens (tertiary/aromatic N) is 1. The second-order valence-electron chi connectivity index (χ2n) is 5.71. The lowest BCUT2D eigenvalue weighted by Gasteiger charge is -2.09. The zero-order valence-corrected chi connectivity index (χ0v) is 13.8. The number of phenols is 1. The third-order valence-corrected chi connectivity index (χ3v) is 3.89. The van der Waals surface area contributed by atoms with Gasteiger partial charge >= 0.3 is 0 Å². The first-order valence-corrected chi connectivity index (χ1v) is 8.15. The first-order valence-electron chi connectivity index (χ1n) is 8.15. The predicted molar refractivity (Wildman–Crippen MR) is 93.9 cm³/mol. The zero-order chi connectivity index (χ0) is 18.5. The number of fused-ring (bicyclic) bond motifs is 2. The maximum absolute atomic E-state index is 12.5. The van der Waals surface area contributed by atoms with Gasteiger partial charge in [0.2, 0.25) is 5.43 Å². The van der Waals surface area contributed by atoms with E-state index in [-0.39, 0.29) is 28.8 Å². The number of para-hydroxylation sites is 1. The molecule has 0 radical (unpaired) electrons. The van der Waals surface area contributed by atoms with Crippen LogP contribution in [0.3, 0.4) is 0 Å². The Morgan fingerprint density at radius 2 is 1.85 bits per heavy atom. The molecular formula is C18H17NO7. The van der Waals surface area contributed by atoms with Gasteiger partial charge in [0.1, 0.15) is 28.1 Å². The van der Waals surface area contributed by atoms with Gasteiger partial charge in [-0.3, -0.25) is 4.79 Å². The van der Waals surface area contributed by atoms with Gasteiger partial charge in [0, 0.05) is 12.1 Å². The SMILES string of the molecule is O=c1c2ccccc2oc2cc(OCCCCCO[N+](=O)[O-])cc(O)c12. The molecule has 0 aliphatic carbocycles. The summed E-state index contributed by atoms with van der Waals surface area (Å²) in [5.74, 6) is 0.186. The standard InChI is InChI=1S/C18H17NO7/c20-14-10-12(24-8-4-1-5-9-25-19(22)23)11-16-17(14)18(21)13-6-2-3-7-15(13)26-16/h2-3,6-7,10-11,20H,1,4-5,8-9H2. The lowest BCUT2D eigenvalue weighted by Crippen LogP contribution is -2.04. The van der Waals surface area contributed by atoms with Crippen LogP contribution in [-0.2, 0) is 4.84 Å². The molecule has 3 rings (SSSR count). The van der Waals surface area contributed by atoms with Gasteiger partial charge in [0.15, 0.2) is 0 Å². The van der Waals surface area contributed by atoms with Crippen molar-refractivity contribution in [1.82, 2.24) is 0 Å². The normalized spacial score (nSPS) is 10.9. The molecule has 0 aliphatic rings. The summed E-state index contributed by atoms with van der Waals surface area (Å²) in [5, 5.41) is 19.9. The van der Waals surface area contributed by atoms with Crippen molar-refractivity contribution in [3.8, 4) is 11.5 Å². The number of hydrogen-bond donors (Lipinski definition) is 1. The molecule has 0 saturated carbocycles. The fourth-order valence-corrected chi connectivity index (χ4v) is 2.67. The molecule has 1 aromatic heterocycles. The molecular weight excluding hydrogens is 342 g/mol. The maximum Gasteiger partial charge on any atom is 0.294 e. The van der Waals surface area contributed by atoms with E-state index in [4.69, 9.17) is 9.15 Å². The minimum atomic E-state index is -0.814. The van der Waals surface area contributed by atoms with E-state index in [0.717, 1.165) is 0 Å². The molecule has 3 aromatic rings. The van der Waals surface area contributed by atoms with E-state index >= 15 is 0 Å². The Bertz CT molecular complexity index is 996. The highest BCUT2D eigenvalue weighted by Gasteiger charge is 2.13. The Hall–Kier alpha value is -3.29. The van der Waals surface area contributed by atoms with Crippen LogP contribution in [-0.4, -0.2) is 23.4 Å². The molecule has 2 aromatic carbocycles. The molecule has 0 aliphatic heterocycles. The number of unbranched alkanes of at least 4 members (excludes halogenated alkanes) is 2. The topological polar surface area (TPSA) is 112 Å². The molecule has 26 heavy (non-hydrogen) atoms. The Balaban J connectivity index is 1.70. The Morgan fingerprint density at radius 1 is 1.08 bits per heavy atom. The third-order valence-electron chi connectivity index (χ3n) is 3.89. The van der Waals surface area contributed by atoms with Crippen molar-refractivity contribution in [3.05, 3.63) is 56.7 Å². The summed E-state index contributed by atoms with van der Waals surface area (Å²) >= 11 is 0. The molecule has 0 amide bonds. The average molecular weight is 359 g/mol. The van der Waals surface area contributed by atoms with E-state index in [1.54, 1.807) is 30.3 Å². The molecule has 1 N–H and O–H groups in total. The Labute approximate surface area is 147 Å². The molecule has 0 bridgehead atoms. The van der Waals surface area contributed by atoms with Crippen LogP contribution in [0.15, 0.2) is 45.6 Å². The summed E-state index contributed by atoms with van der Waals surface area (Å²) in [5.41, 5.74) is 0.395. The molecule has 1 heterocycles. The zero-order valence-electron chi connectivity index (χ0n) is 13.8. The van der Waals surface area contributed by atoms with Crippen LogP contribution in [0.4, 0.5) is 0 Å². The summed E-state index contributed by atoms with van der Waals surface area (Å²) in [6.07, 6.45) is 1.92. The quantitative estimate of drug-likeness (QED) is 0.284. The van der Waals surface area contributed by atoms with Crippen LogP contribution in [0.1, 0.15) is 19.3 Å². The lowest BCUT2D eigenvalue weighted by atomic mass is 10.1. The largest absolute Gasteiger partial charge is 0.507 e. The van der Waals surface area contributed by atoms with E-state index in [1.165, 1.54) is 6.07 Å². The highest BCUT2D eigenvalue weighted by Crippen LogP contribution is 2.30. The maximum atomic E-state index is 12.5. The van der Waals surface area contributed by atoms with Crippen molar-refractivity contribution < 1.29 is 24.2 Å². The lowest BCUT2D eigenvalue weighted by molar-refractivity contribution is -0.757. The van der Waals surface area contributed by atoms with Crippen molar-refractivity contribution in [2.45, 2.75) is 19.3 Å². The fraction of sp³-hybridized carbons (Fsp3) is 0.278. The number of aromatic hydroxyl groups is 1. The summed E-state index contributed by atoms with van der Waals surface area (Å²) in [6, 6.07) is 9.78. The van der Waals surface area contributed by atoms with Crippen LogP contribution in [0, 0.1) is 10.1 Å². The molecule has 0 fully saturated rings. The number of benzene rings is 2. The van der Waals surface area contributed by atoms with E-state index in [0.29, 0.717) is 42.6 Å². The third kappa shape index (κ3) is 3.85. The van der Waals surface area contributed by atoms with E-state index in [2.05, 4.69) is 4.84 Å². The minimum Gasteiger partial charge on any atom is -0.507 e. The van der Waals surface area contributed by atoms with E-state index in [1.807, 2.05) is 0 Å². The highest BCUT2D eigenvalue weighted by atomic mass is 16.9. The van der Waals surface area contributed by atoms with Gasteiger partial charge in [0.25, 0.3) is 5.09 Å². The van der Waals surface area contributed by atoms with E-state index in [9.17, 15) is 20.0 Å². The van der Waals surface area contributed by atoms with Crippen LogP contribution < -0.4 is 10.2 Å². The molecule has 0 unspecified atom stereocenters. The summed E-state index contributed by atoms with van der Waals surface area (Å²) < 4.78 is 11.3. The highest BCUT2D eigenvalue weighted by molar-refractivity contribution is 5.93. The van der Waals surface area contributed by atoms with Gasteiger partial charge in [-0.1, -0.05) is 12.1 Å². The minimum absolute atomic E-state index is 0.0575. The van der Waals surface area contributed by atoms with Gasteiger partial charge in [-0.15, -0.1) is 10.1 Å². The van der Waals surface area contributed by atoms with Crippen LogP contribution in [0.2, 0.25) is 0 Å². The molecule has 8 nitrogen and oxygen atoms in total. The van der Waals surface area contributed by atoms with Crippen molar-refractivity contribution >= 4 is 21.9 Å². The molecule has 136 valence electrons. The second kappa shape index (κ2) is 7.73. The van der Waals surface area contributed by atoms with Crippen LogP contribution in [0.25, 0.3) is 21.9 Å². The smallest absolute Gasteiger partial charge is 0.294 e. The summed E-state index contributed by atoms with van der Waals surface area (Å²) in [4.78, 5) is 26.8. The number of phenolic OH excluding ortho intramolecular Hbond substituents is 1. The van der Waals surface area contributed by atoms with Crippen molar-refractivity contribution in [2.75, 3.05) is 13.2 Å². The molecule has 8 heteroatoms. The molecule has 0 saturated heterocycles. The summed E-state index contributed by atoms with van der Waals surface area (Å²) in [7, 11) is 0. The van der Waals surface area contributed by atoms with Gasteiger partial charge in [-0.05, 0) is 31.4 Å². The predicted octanol–water partition coefficient (Wildman–Crippen LogP) is 3.41. The first kappa shape index (κ1) is 17.5. The monoisotopic (exact) mass is 359 g/mol. The number of hydrogen-bond acceptors (Lipinski definition) is 7. The van der Waals surface area contributed by atoms with Gasteiger partial charge in [-0.25, -0.2) is 0 Å². The average Bonchev–Trinajstić information content (AvgIpc) is 2.60. The first-order chi connectivity index (χ1) is 12.6. The van der Waals surface area contributed by atoms with Gasteiger partial charge < -0.3 is 19.1 Å². The molecule has 0 spiro atoms. The van der Waals surface area contributed by atoms with E-state index < -0.39 is 5.09 Å². The van der Waals surface area contributed by atoms with Crippen molar-refractivity contribution in [1.29, 1.82) is 0 Å². The van der Waals surface area contributed by atoms with Crippen molar-refractivity contribution in [2.24, 2.45) is 0 Å². The summed E-state index contributed by atoms with van der Waals surface area (Å²) in [6.45, 7) is 0.420. The fourth-order valence-electron chi connectivity index (χ4n) is 2.67. The second-order valence-corrected chi connectivity index (χ2v) is 5.71. The van der Waals surface area contributed by atoms with Crippen LogP contribution in [0.5, 0.6) is 11.5 Å². The Kier molecular flexibility index (Phi) is 5.21. The Morgan fingerprint density at radius 3 is 2.65 bits per heavy atom. The number of rotatable bonds is 8. The van der Waals surface area contributed by atoms with Gasteiger partial charge in [0.05, 0.1) is 18.6 Å². The molecule has 0 atom stereocenters. The number of ether oxygens (including phenoxy) is 1. The van der Waals surface area contributed by atoms with Crippen molar-refractivity contribution in [3.63, 3.8) is 0 Å². The van der Waals surface area contributed by atoms with Crippen LogP contribution >= 0.6 is 0 Å².